The summed E-state index contributed by atoms with van der Waals surface area (Å²) in [6, 6.07) is 6.33. The van der Waals surface area contributed by atoms with Crippen molar-refractivity contribution in [3.63, 3.8) is 0 Å². The molecule has 1 aromatic carbocycles. The van der Waals surface area contributed by atoms with E-state index in [0.717, 1.165) is 36.5 Å². The first kappa shape index (κ1) is 12.9. The molecule has 1 atom stereocenters. The summed E-state index contributed by atoms with van der Waals surface area (Å²) in [6.45, 7) is 5.90. The summed E-state index contributed by atoms with van der Waals surface area (Å²) < 4.78 is 2.11. The first-order chi connectivity index (χ1) is 8.61. The lowest BCUT2D eigenvalue weighted by Crippen LogP contribution is -2.14. The van der Waals surface area contributed by atoms with Crippen molar-refractivity contribution in [3.05, 3.63) is 24.0 Å². The van der Waals surface area contributed by atoms with Crippen molar-refractivity contribution in [1.82, 2.24) is 9.55 Å². The zero-order valence-corrected chi connectivity index (χ0v) is 11.4. The summed E-state index contributed by atoms with van der Waals surface area (Å²) in [6.07, 6.45) is 1.09. The molecule has 0 bridgehead atoms. The van der Waals surface area contributed by atoms with Crippen LogP contribution in [0.25, 0.3) is 11.0 Å². The second kappa shape index (κ2) is 5.40. The molecule has 98 valence electrons. The van der Waals surface area contributed by atoms with Crippen molar-refractivity contribution in [2.24, 2.45) is 18.7 Å². The Hall–Kier alpha value is -1.55. The van der Waals surface area contributed by atoms with Crippen LogP contribution in [0.4, 0.5) is 5.69 Å². The number of nitrogens with two attached hydrogens (primary N) is 1. The standard InChI is InChI=1S/C14H22N4/c1-10(9-15)6-7-16-12-4-5-14-13(8-12)17-11(2)18(14)3/h4-5,8,10,16H,6-7,9,15H2,1-3H3. The number of nitrogens with one attached hydrogen (secondary N) is 1. The van der Waals surface area contributed by atoms with E-state index >= 15 is 0 Å². The third kappa shape index (κ3) is 2.64. The van der Waals surface area contributed by atoms with Gasteiger partial charge in [-0.05, 0) is 44.0 Å². The Kier molecular flexibility index (Phi) is 3.87. The molecule has 0 aliphatic carbocycles. The fourth-order valence-electron chi connectivity index (χ4n) is 2.01. The van der Waals surface area contributed by atoms with E-state index in [1.54, 1.807) is 0 Å². The van der Waals surface area contributed by atoms with Gasteiger partial charge >= 0.3 is 0 Å². The number of benzene rings is 1. The number of nitrogens with zero attached hydrogens (tertiary/aromatic N) is 2. The number of hydrogen-bond acceptors (Lipinski definition) is 3. The van der Waals surface area contributed by atoms with Gasteiger partial charge < -0.3 is 15.6 Å². The second-order valence-corrected chi connectivity index (χ2v) is 4.98. The van der Waals surface area contributed by atoms with Crippen molar-refractivity contribution < 1.29 is 0 Å². The van der Waals surface area contributed by atoms with Gasteiger partial charge in [0.15, 0.2) is 0 Å². The van der Waals surface area contributed by atoms with E-state index in [4.69, 9.17) is 5.73 Å². The molecule has 0 saturated heterocycles. The molecule has 0 aliphatic rings. The SMILES string of the molecule is Cc1nc2cc(NCCC(C)CN)ccc2n1C. The molecule has 18 heavy (non-hydrogen) atoms. The number of aryl methyl sites for hydroxylation is 2. The Morgan fingerprint density at radius 2 is 2.22 bits per heavy atom. The van der Waals surface area contributed by atoms with E-state index in [0.29, 0.717) is 5.92 Å². The third-order valence-corrected chi connectivity index (χ3v) is 3.47. The smallest absolute Gasteiger partial charge is 0.106 e. The number of imidazole rings is 1. The highest BCUT2D eigenvalue weighted by atomic mass is 15.0. The molecule has 0 saturated carbocycles. The summed E-state index contributed by atoms with van der Waals surface area (Å²) in [5, 5.41) is 3.43. The molecule has 0 radical (unpaired) electrons. The zero-order valence-electron chi connectivity index (χ0n) is 11.4. The Morgan fingerprint density at radius 1 is 1.44 bits per heavy atom. The predicted molar refractivity (Wildman–Crippen MR) is 76.8 cm³/mol. The number of hydrogen-bond donors (Lipinski definition) is 2. The highest BCUT2D eigenvalue weighted by molar-refractivity contribution is 5.80. The minimum atomic E-state index is 0.568. The predicted octanol–water partition coefficient (Wildman–Crippen LogP) is 2.28. The Labute approximate surface area is 108 Å². The molecular weight excluding hydrogens is 224 g/mol. The summed E-state index contributed by atoms with van der Waals surface area (Å²) in [4.78, 5) is 4.54. The lowest BCUT2D eigenvalue weighted by Gasteiger charge is -2.10. The average Bonchev–Trinajstić information content (AvgIpc) is 2.64. The maximum atomic E-state index is 5.60. The van der Waals surface area contributed by atoms with E-state index in [9.17, 15) is 0 Å². The van der Waals surface area contributed by atoms with Crippen LogP contribution < -0.4 is 11.1 Å². The van der Waals surface area contributed by atoms with Gasteiger partial charge in [0.05, 0.1) is 11.0 Å². The molecule has 2 rings (SSSR count). The van der Waals surface area contributed by atoms with E-state index in [1.807, 2.05) is 14.0 Å². The van der Waals surface area contributed by atoms with Crippen LogP contribution in [0, 0.1) is 12.8 Å². The van der Waals surface area contributed by atoms with Crippen LogP contribution >= 0.6 is 0 Å². The van der Waals surface area contributed by atoms with E-state index < -0.39 is 0 Å². The molecule has 0 fully saturated rings. The van der Waals surface area contributed by atoms with Gasteiger partial charge in [-0.1, -0.05) is 6.92 Å². The lowest BCUT2D eigenvalue weighted by molar-refractivity contribution is 0.561. The summed E-state index contributed by atoms with van der Waals surface area (Å²) in [7, 11) is 2.04. The van der Waals surface area contributed by atoms with Crippen LogP contribution in [0.5, 0.6) is 0 Å². The van der Waals surface area contributed by atoms with Crippen molar-refractivity contribution >= 4 is 16.7 Å². The van der Waals surface area contributed by atoms with Crippen molar-refractivity contribution in [2.45, 2.75) is 20.3 Å². The van der Waals surface area contributed by atoms with Gasteiger partial charge in [-0.15, -0.1) is 0 Å². The molecule has 4 nitrogen and oxygen atoms in total. The molecule has 4 heteroatoms. The molecule has 3 N–H and O–H groups in total. The average molecular weight is 246 g/mol. The second-order valence-electron chi connectivity index (χ2n) is 4.98. The Bertz CT molecular complexity index is 530. The van der Waals surface area contributed by atoms with Crippen LogP contribution in [0.1, 0.15) is 19.2 Å². The first-order valence-electron chi connectivity index (χ1n) is 6.49. The van der Waals surface area contributed by atoms with E-state index in [1.165, 1.54) is 5.52 Å². The van der Waals surface area contributed by atoms with Crippen LogP contribution in [-0.2, 0) is 7.05 Å². The molecular formula is C14H22N4. The molecule has 1 heterocycles. The molecule has 1 aromatic heterocycles. The number of fused-ring (bicyclic) bond motifs is 1. The Morgan fingerprint density at radius 3 is 2.94 bits per heavy atom. The van der Waals surface area contributed by atoms with Gasteiger partial charge in [-0.3, -0.25) is 0 Å². The molecule has 0 spiro atoms. The van der Waals surface area contributed by atoms with Crippen LogP contribution in [0.3, 0.4) is 0 Å². The van der Waals surface area contributed by atoms with Crippen LogP contribution in [0.2, 0.25) is 0 Å². The van der Waals surface area contributed by atoms with Crippen LogP contribution in [0.15, 0.2) is 18.2 Å². The van der Waals surface area contributed by atoms with Crippen LogP contribution in [-0.4, -0.2) is 22.6 Å². The van der Waals surface area contributed by atoms with Gasteiger partial charge in [0.25, 0.3) is 0 Å². The highest BCUT2D eigenvalue weighted by Crippen LogP contribution is 2.19. The fourth-order valence-corrected chi connectivity index (χ4v) is 2.01. The van der Waals surface area contributed by atoms with Crippen molar-refractivity contribution in [1.29, 1.82) is 0 Å². The van der Waals surface area contributed by atoms with Gasteiger partial charge in [0.2, 0.25) is 0 Å². The maximum absolute atomic E-state index is 5.60. The van der Waals surface area contributed by atoms with Crippen molar-refractivity contribution in [3.8, 4) is 0 Å². The topological polar surface area (TPSA) is 55.9 Å². The maximum Gasteiger partial charge on any atom is 0.106 e. The molecule has 2 aromatic rings. The van der Waals surface area contributed by atoms with E-state index in [2.05, 4.69) is 40.0 Å². The summed E-state index contributed by atoms with van der Waals surface area (Å²) in [5.41, 5.74) is 8.96. The minimum Gasteiger partial charge on any atom is -0.385 e. The normalized spacial score (nSPS) is 12.9. The largest absolute Gasteiger partial charge is 0.385 e. The number of anilines is 1. The highest BCUT2D eigenvalue weighted by Gasteiger charge is 2.05. The number of rotatable bonds is 5. The number of aromatic nitrogens is 2. The van der Waals surface area contributed by atoms with Gasteiger partial charge in [0.1, 0.15) is 5.82 Å². The minimum absolute atomic E-state index is 0.568. The lowest BCUT2D eigenvalue weighted by atomic mass is 10.1. The quantitative estimate of drug-likeness (QED) is 0.851. The van der Waals surface area contributed by atoms with E-state index in [-0.39, 0.29) is 0 Å². The molecule has 0 aliphatic heterocycles. The van der Waals surface area contributed by atoms with Crippen molar-refractivity contribution in [2.75, 3.05) is 18.4 Å². The van der Waals surface area contributed by atoms with Gasteiger partial charge in [-0.2, -0.15) is 0 Å². The third-order valence-electron chi connectivity index (χ3n) is 3.47. The first-order valence-corrected chi connectivity index (χ1v) is 6.49. The molecule has 1 unspecified atom stereocenters. The summed E-state index contributed by atoms with van der Waals surface area (Å²) in [5.74, 6) is 1.61. The fraction of sp³-hybridized carbons (Fsp3) is 0.500. The van der Waals surface area contributed by atoms with Gasteiger partial charge in [-0.25, -0.2) is 4.98 Å². The summed E-state index contributed by atoms with van der Waals surface area (Å²) >= 11 is 0. The zero-order chi connectivity index (χ0) is 13.1. The van der Waals surface area contributed by atoms with Gasteiger partial charge in [0, 0.05) is 19.3 Å². The monoisotopic (exact) mass is 246 g/mol. The Balaban J connectivity index is 2.06. The molecule has 0 amide bonds.